The van der Waals surface area contributed by atoms with Crippen molar-refractivity contribution >= 4 is 0 Å². The first kappa shape index (κ1) is 23.9. The molecule has 0 amide bonds. The summed E-state index contributed by atoms with van der Waals surface area (Å²) in [5.74, 6) is -1.19. The average Bonchev–Trinajstić information content (AvgIpc) is 3.60. The van der Waals surface area contributed by atoms with Crippen LogP contribution in [0.15, 0.2) is 0 Å². The Labute approximate surface area is 165 Å². The minimum atomic E-state index is -0.958. The molecule has 8 unspecified atom stereocenters. The predicted molar refractivity (Wildman–Crippen MR) is 98.5 cm³/mol. The van der Waals surface area contributed by atoms with Crippen molar-refractivity contribution in [2.24, 2.45) is 17.8 Å². The second-order valence-corrected chi connectivity index (χ2v) is 7.83. The van der Waals surface area contributed by atoms with E-state index in [2.05, 4.69) is 0 Å². The molecular formula is C19H36O9. The van der Waals surface area contributed by atoms with E-state index in [4.69, 9.17) is 24.4 Å². The van der Waals surface area contributed by atoms with E-state index in [0.29, 0.717) is 39.1 Å². The van der Waals surface area contributed by atoms with Crippen molar-refractivity contribution in [1.82, 2.24) is 0 Å². The van der Waals surface area contributed by atoms with E-state index >= 15 is 0 Å². The van der Waals surface area contributed by atoms with Gasteiger partial charge in [-0.1, -0.05) is 0 Å². The smallest absolute Gasteiger partial charge is 0.104 e. The van der Waals surface area contributed by atoms with Crippen LogP contribution in [0.5, 0.6) is 0 Å². The predicted octanol–water partition coefficient (Wildman–Crippen LogP) is -1.73. The van der Waals surface area contributed by atoms with Gasteiger partial charge in [-0.25, -0.2) is 0 Å². The van der Waals surface area contributed by atoms with E-state index in [-0.39, 0.29) is 51.0 Å². The van der Waals surface area contributed by atoms with E-state index < -0.39 is 30.1 Å². The summed E-state index contributed by atoms with van der Waals surface area (Å²) in [6.45, 7) is 0.753. The number of rotatable bonds is 17. The van der Waals surface area contributed by atoms with Gasteiger partial charge in [-0.3, -0.25) is 0 Å². The molecule has 28 heavy (non-hydrogen) atoms. The molecule has 8 atom stereocenters. The fraction of sp³-hybridized carbons (Fsp3) is 1.00. The zero-order valence-corrected chi connectivity index (χ0v) is 16.3. The topological polar surface area (TPSA) is 156 Å². The molecule has 0 bridgehead atoms. The molecule has 2 rings (SSSR count). The maximum absolute atomic E-state index is 10.7. The van der Waals surface area contributed by atoms with Gasteiger partial charge in [0.15, 0.2) is 0 Å². The molecule has 2 aliphatic heterocycles. The summed E-state index contributed by atoms with van der Waals surface area (Å²) >= 11 is 0. The van der Waals surface area contributed by atoms with E-state index in [0.717, 1.165) is 0 Å². The Bertz CT molecular complexity index is 416. The Morgan fingerprint density at radius 3 is 1.82 bits per heavy atom. The maximum atomic E-state index is 10.7. The molecule has 9 heteroatoms. The Morgan fingerprint density at radius 1 is 0.786 bits per heavy atom. The number of epoxide rings is 2. The number of hydrogen-bond acceptors (Lipinski definition) is 9. The molecule has 166 valence electrons. The fourth-order valence-corrected chi connectivity index (χ4v) is 3.71. The summed E-state index contributed by atoms with van der Waals surface area (Å²) in [6, 6.07) is 0. The Hall–Kier alpha value is -0.360. The van der Waals surface area contributed by atoms with Crippen molar-refractivity contribution in [3.63, 3.8) is 0 Å². The molecule has 9 nitrogen and oxygen atoms in total. The summed E-state index contributed by atoms with van der Waals surface area (Å²) in [7, 11) is 0. The number of ether oxygens (including phenoxy) is 3. The molecule has 2 fully saturated rings. The molecule has 0 aliphatic carbocycles. The molecule has 2 saturated heterocycles. The normalized spacial score (nSPS) is 27.6. The van der Waals surface area contributed by atoms with Crippen LogP contribution in [0, 0.1) is 17.8 Å². The summed E-state index contributed by atoms with van der Waals surface area (Å²) in [5.41, 5.74) is 0. The minimum Gasteiger partial charge on any atom is -0.396 e. The Balaban J connectivity index is 1.97. The molecule has 0 radical (unpaired) electrons. The fourth-order valence-electron chi connectivity index (χ4n) is 3.71. The van der Waals surface area contributed by atoms with Crippen LogP contribution >= 0.6 is 0 Å². The van der Waals surface area contributed by atoms with E-state index in [1.807, 2.05) is 0 Å². The molecule has 2 heterocycles. The van der Waals surface area contributed by atoms with Gasteiger partial charge in [-0.2, -0.15) is 0 Å². The lowest BCUT2D eigenvalue weighted by atomic mass is 9.82. The molecule has 0 spiro atoms. The number of aliphatic hydroxyl groups is 6. The van der Waals surface area contributed by atoms with Crippen molar-refractivity contribution in [2.45, 2.75) is 56.2 Å². The summed E-state index contributed by atoms with van der Waals surface area (Å²) < 4.78 is 16.4. The molecule has 0 aromatic heterocycles. The van der Waals surface area contributed by atoms with Gasteiger partial charge in [0.25, 0.3) is 0 Å². The Kier molecular flexibility index (Phi) is 10.6. The largest absolute Gasteiger partial charge is 0.396 e. The van der Waals surface area contributed by atoms with E-state index in [9.17, 15) is 20.4 Å². The highest BCUT2D eigenvalue weighted by molar-refractivity contribution is 4.89. The maximum Gasteiger partial charge on any atom is 0.104 e. The highest BCUT2D eigenvalue weighted by Gasteiger charge is 2.41. The van der Waals surface area contributed by atoms with Crippen LogP contribution in [-0.2, 0) is 14.2 Å². The van der Waals surface area contributed by atoms with Crippen molar-refractivity contribution in [1.29, 1.82) is 0 Å². The standard InChI is InChI=1S/C19H36O9/c20-5-3-12(7-22)18(24)15(17-11-28-17)1-2-16(27-10-14-9-26-14)19(25)13(8-23)4-6-21/h12-25H,1-11H2. The van der Waals surface area contributed by atoms with Gasteiger partial charge in [0, 0.05) is 44.2 Å². The monoisotopic (exact) mass is 408 g/mol. The molecule has 0 aromatic rings. The minimum absolute atomic E-state index is 0.0246. The van der Waals surface area contributed by atoms with Crippen LogP contribution in [-0.4, -0.2) is 107 Å². The van der Waals surface area contributed by atoms with Gasteiger partial charge in [-0.05, 0) is 25.7 Å². The Morgan fingerprint density at radius 2 is 1.36 bits per heavy atom. The first-order valence-corrected chi connectivity index (χ1v) is 10.2. The lowest BCUT2D eigenvalue weighted by Gasteiger charge is -2.32. The third kappa shape index (κ3) is 7.47. The molecule has 0 aromatic carbocycles. The average molecular weight is 408 g/mol. The summed E-state index contributed by atoms with van der Waals surface area (Å²) in [5, 5.41) is 58.7. The van der Waals surface area contributed by atoms with Gasteiger partial charge in [-0.15, -0.1) is 0 Å². The molecular weight excluding hydrogens is 372 g/mol. The third-order valence-corrected chi connectivity index (χ3v) is 5.77. The zero-order valence-electron chi connectivity index (χ0n) is 16.3. The zero-order chi connectivity index (χ0) is 20.5. The second kappa shape index (κ2) is 12.4. The summed E-state index contributed by atoms with van der Waals surface area (Å²) in [4.78, 5) is 0. The molecule has 6 N–H and O–H groups in total. The van der Waals surface area contributed by atoms with Crippen LogP contribution < -0.4 is 0 Å². The van der Waals surface area contributed by atoms with Crippen LogP contribution in [0.4, 0.5) is 0 Å². The number of aliphatic hydroxyl groups excluding tert-OH is 6. The van der Waals surface area contributed by atoms with Crippen molar-refractivity contribution in [3.05, 3.63) is 0 Å². The van der Waals surface area contributed by atoms with Crippen LogP contribution in [0.1, 0.15) is 25.7 Å². The third-order valence-electron chi connectivity index (χ3n) is 5.77. The van der Waals surface area contributed by atoms with Gasteiger partial charge in [0.2, 0.25) is 0 Å². The van der Waals surface area contributed by atoms with Gasteiger partial charge in [0.05, 0.1) is 44.2 Å². The van der Waals surface area contributed by atoms with E-state index in [1.165, 1.54) is 0 Å². The van der Waals surface area contributed by atoms with Gasteiger partial charge < -0.3 is 44.8 Å². The van der Waals surface area contributed by atoms with Gasteiger partial charge in [0.1, 0.15) is 6.10 Å². The van der Waals surface area contributed by atoms with Crippen LogP contribution in [0.3, 0.4) is 0 Å². The second-order valence-electron chi connectivity index (χ2n) is 7.83. The number of hydrogen-bond donors (Lipinski definition) is 6. The lowest BCUT2D eigenvalue weighted by Crippen LogP contribution is -2.40. The highest BCUT2D eigenvalue weighted by Crippen LogP contribution is 2.33. The quantitative estimate of drug-likeness (QED) is 0.154. The first-order chi connectivity index (χ1) is 13.5. The van der Waals surface area contributed by atoms with Crippen molar-refractivity contribution in [2.75, 3.05) is 46.2 Å². The van der Waals surface area contributed by atoms with Crippen LogP contribution in [0.2, 0.25) is 0 Å². The summed E-state index contributed by atoms with van der Waals surface area (Å²) in [6.07, 6.45) is -0.974. The molecule has 2 aliphatic rings. The van der Waals surface area contributed by atoms with Crippen molar-refractivity contribution < 1.29 is 44.8 Å². The van der Waals surface area contributed by atoms with Crippen LogP contribution in [0.25, 0.3) is 0 Å². The van der Waals surface area contributed by atoms with Gasteiger partial charge >= 0.3 is 0 Å². The molecule has 0 saturated carbocycles. The van der Waals surface area contributed by atoms with E-state index in [1.54, 1.807) is 0 Å². The highest BCUT2D eigenvalue weighted by atomic mass is 16.6. The lowest BCUT2D eigenvalue weighted by molar-refractivity contribution is -0.0869. The van der Waals surface area contributed by atoms with Crippen molar-refractivity contribution in [3.8, 4) is 0 Å². The first-order valence-electron chi connectivity index (χ1n) is 10.2. The SMILES string of the molecule is OCCC(CO)C(O)C(CCC(C1CO1)C(O)C(CO)CCO)OCC1CO1.